The number of anilines is 1. The molecule has 5 nitrogen and oxygen atoms in total. The molecule has 4 heterocycles. The maximum absolute atomic E-state index is 5.80. The summed E-state index contributed by atoms with van der Waals surface area (Å²) in [7, 11) is 0. The summed E-state index contributed by atoms with van der Waals surface area (Å²) in [6.07, 6.45) is 5.39. The quantitative estimate of drug-likeness (QED) is 0.562. The van der Waals surface area contributed by atoms with Crippen LogP contribution in [0.3, 0.4) is 0 Å². The zero-order chi connectivity index (χ0) is 17.1. The topological polar surface area (TPSA) is 63.8 Å². The van der Waals surface area contributed by atoms with Crippen molar-refractivity contribution < 1.29 is 4.42 Å². The number of aryl methyl sites for hydroxylation is 1. The van der Waals surface area contributed by atoms with Crippen molar-refractivity contribution >= 4 is 17.3 Å². The average molecular weight is 348 g/mol. The van der Waals surface area contributed by atoms with Gasteiger partial charge in [-0.3, -0.25) is 4.98 Å². The molecular formula is C19H16N4OS. The molecule has 0 spiro atoms. The van der Waals surface area contributed by atoms with Crippen LogP contribution in [0.5, 0.6) is 0 Å². The van der Waals surface area contributed by atoms with E-state index in [4.69, 9.17) is 9.40 Å². The number of hydrogen-bond acceptors (Lipinski definition) is 6. The van der Waals surface area contributed by atoms with Crippen molar-refractivity contribution in [3.05, 3.63) is 71.0 Å². The summed E-state index contributed by atoms with van der Waals surface area (Å²) >= 11 is 1.65. The molecule has 0 saturated carbocycles. The molecule has 0 fully saturated rings. The van der Waals surface area contributed by atoms with Gasteiger partial charge < -0.3 is 9.73 Å². The van der Waals surface area contributed by atoms with E-state index in [1.807, 2.05) is 42.8 Å². The predicted molar refractivity (Wildman–Crippen MR) is 99.3 cm³/mol. The maximum atomic E-state index is 5.80. The van der Waals surface area contributed by atoms with Crippen molar-refractivity contribution in [2.45, 2.75) is 13.5 Å². The number of nitrogens with zero attached hydrogens (tertiary/aromatic N) is 3. The Hall–Kier alpha value is -2.99. The lowest BCUT2D eigenvalue weighted by atomic mass is 10.1. The van der Waals surface area contributed by atoms with E-state index in [-0.39, 0.29) is 0 Å². The van der Waals surface area contributed by atoms with E-state index < -0.39 is 0 Å². The summed E-state index contributed by atoms with van der Waals surface area (Å²) in [5.74, 6) is 2.17. The van der Waals surface area contributed by atoms with Gasteiger partial charge in [-0.05, 0) is 59.1 Å². The highest BCUT2D eigenvalue weighted by Crippen LogP contribution is 2.33. The normalized spacial score (nSPS) is 10.8. The summed E-state index contributed by atoms with van der Waals surface area (Å²) in [4.78, 5) is 13.2. The third-order valence-corrected chi connectivity index (χ3v) is 4.48. The van der Waals surface area contributed by atoms with Gasteiger partial charge in [-0.2, -0.15) is 11.3 Å². The Balaban J connectivity index is 1.68. The molecule has 4 aromatic heterocycles. The van der Waals surface area contributed by atoms with Crippen molar-refractivity contribution in [3.8, 4) is 22.6 Å². The van der Waals surface area contributed by atoms with Crippen LogP contribution in [0, 0.1) is 6.92 Å². The first-order chi connectivity index (χ1) is 12.3. The first-order valence-corrected chi connectivity index (χ1v) is 8.83. The predicted octanol–water partition coefficient (Wildman–Crippen LogP) is 4.78. The monoisotopic (exact) mass is 348 g/mol. The highest BCUT2D eigenvalue weighted by molar-refractivity contribution is 7.08. The van der Waals surface area contributed by atoms with Crippen molar-refractivity contribution in [1.29, 1.82) is 0 Å². The van der Waals surface area contributed by atoms with Crippen LogP contribution < -0.4 is 5.32 Å². The van der Waals surface area contributed by atoms with Crippen LogP contribution in [0.15, 0.2) is 64.1 Å². The van der Waals surface area contributed by atoms with Gasteiger partial charge in [0.1, 0.15) is 11.5 Å². The van der Waals surface area contributed by atoms with Crippen molar-refractivity contribution in [1.82, 2.24) is 15.0 Å². The van der Waals surface area contributed by atoms with Crippen LogP contribution in [-0.2, 0) is 6.54 Å². The van der Waals surface area contributed by atoms with Crippen LogP contribution in [0.25, 0.3) is 22.6 Å². The largest absolute Gasteiger partial charge is 0.460 e. The number of hydrogen-bond donors (Lipinski definition) is 1. The lowest BCUT2D eigenvalue weighted by molar-refractivity contribution is 0.546. The zero-order valence-electron chi connectivity index (χ0n) is 13.6. The summed E-state index contributed by atoms with van der Waals surface area (Å²) in [5, 5.41) is 7.39. The van der Waals surface area contributed by atoms with Gasteiger partial charge in [0.25, 0.3) is 0 Å². The van der Waals surface area contributed by atoms with E-state index in [9.17, 15) is 0 Å². The fraction of sp³-hybridized carbons (Fsp3) is 0.105. The summed E-state index contributed by atoms with van der Waals surface area (Å²) in [6.45, 7) is 2.56. The minimum Gasteiger partial charge on any atom is -0.460 e. The first-order valence-electron chi connectivity index (χ1n) is 7.89. The first kappa shape index (κ1) is 15.5. The Kier molecular flexibility index (Phi) is 4.26. The molecule has 1 N–H and O–H groups in total. The summed E-state index contributed by atoms with van der Waals surface area (Å²) in [5.41, 5.74) is 3.97. The fourth-order valence-electron chi connectivity index (χ4n) is 2.53. The Morgan fingerprint density at radius 3 is 2.72 bits per heavy atom. The lowest BCUT2D eigenvalue weighted by Gasteiger charge is -2.09. The third kappa shape index (κ3) is 3.44. The highest BCUT2D eigenvalue weighted by Gasteiger charge is 2.15. The van der Waals surface area contributed by atoms with E-state index in [1.54, 1.807) is 23.7 Å². The molecule has 124 valence electrons. The molecule has 0 aliphatic heterocycles. The Bertz CT molecular complexity index is 964. The van der Waals surface area contributed by atoms with Crippen LogP contribution in [0.4, 0.5) is 5.95 Å². The van der Waals surface area contributed by atoms with Crippen LogP contribution in [-0.4, -0.2) is 15.0 Å². The molecular weight excluding hydrogens is 332 g/mol. The second-order valence-corrected chi connectivity index (χ2v) is 6.37. The second kappa shape index (κ2) is 6.86. The molecule has 0 amide bonds. The summed E-state index contributed by atoms with van der Waals surface area (Å²) < 4.78 is 5.80. The highest BCUT2D eigenvalue weighted by atomic mass is 32.1. The molecule has 0 bridgehead atoms. The van der Waals surface area contributed by atoms with Crippen molar-refractivity contribution in [2.75, 3.05) is 5.32 Å². The van der Waals surface area contributed by atoms with Gasteiger partial charge in [-0.15, -0.1) is 0 Å². The van der Waals surface area contributed by atoms with E-state index in [0.717, 1.165) is 33.9 Å². The van der Waals surface area contributed by atoms with Gasteiger partial charge in [0, 0.05) is 30.7 Å². The van der Waals surface area contributed by atoms with Gasteiger partial charge in [-0.25, -0.2) is 9.97 Å². The number of aromatic nitrogens is 3. The Morgan fingerprint density at radius 2 is 2.00 bits per heavy atom. The minimum absolute atomic E-state index is 0.569. The smallest absolute Gasteiger partial charge is 0.223 e. The van der Waals surface area contributed by atoms with Crippen LogP contribution in [0.2, 0.25) is 0 Å². The number of furan rings is 1. The molecule has 0 saturated heterocycles. The van der Waals surface area contributed by atoms with E-state index in [0.29, 0.717) is 12.5 Å². The minimum atomic E-state index is 0.569. The number of nitrogens with one attached hydrogen (secondary N) is 1. The molecule has 0 radical (unpaired) electrons. The van der Waals surface area contributed by atoms with E-state index in [1.165, 1.54) is 0 Å². The molecule has 0 aliphatic rings. The molecule has 0 unspecified atom stereocenters. The summed E-state index contributed by atoms with van der Waals surface area (Å²) in [6, 6.07) is 9.87. The van der Waals surface area contributed by atoms with Gasteiger partial charge in [-0.1, -0.05) is 0 Å². The Labute approximate surface area is 149 Å². The SMILES string of the molecule is Cc1ccc(-c2nc(NCc3ccncc3)ncc2-c2ccsc2)o1. The van der Waals surface area contributed by atoms with Gasteiger partial charge in [0.2, 0.25) is 5.95 Å². The molecule has 0 aliphatic carbocycles. The van der Waals surface area contributed by atoms with Gasteiger partial charge in [0.05, 0.1) is 0 Å². The van der Waals surface area contributed by atoms with E-state index >= 15 is 0 Å². The van der Waals surface area contributed by atoms with Gasteiger partial charge >= 0.3 is 0 Å². The Morgan fingerprint density at radius 1 is 1.12 bits per heavy atom. The van der Waals surface area contributed by atoms with Crippen LogP contribution in [0.1, 0.15) is 11.3 Å². The zero-order valence-corrected chi connectivity index (χ0v) is 14.5. The van der Waals surface area contributed by atoms with Crippen molar-refractivity contribution in [3.63, 3.8) is 0 Å². The molecule has 4 rings (SSSR count). The molecule has 0 aromatic carbocycles. The number of thiophene rings is 1. The number of pyridine rings is 1. The fourth-order valence-corrected chi connectivity index (χ4v) is 3.18. The molecule has 0 atom stereocenters. The van der Waals surface area contributed by atoms with Gasteiger partial charge in [0.15, 0.2) is 5.76 Å². The average Bonchev–Trinajstić information content (AvgIpc) is 3.32. The lowest BCUT2D eigenvalue weighted by Crippen LogP contribution is -2.04. The van der Waals surface area contributed by atoms with Crippen LogP contribution >= 0.6 is 11.3 Å². The maximum Gasteiger partial charge on any atom is 0.223 e. The van der Waals surface area contributed by atoms with Crippen molar-refractivity contribution in [2.24, 2.45) is 0 Å². The molecule has 25 heavy (non-hydrogen) atoms. The molecule has 4 aromatic rings. The van der Waals surface area contributed by atoms with E-state index in [2.05, 4.69) is 26.7 Å². The molecule has 6 heteroatoms. The standard InChI is InChI=1S/C19H16N4OS/c1-13-2-3-17(24-13)18-16(15-6-9-25-12-15)11-22-19(23-18)21-10-14-4-7-20-8-5-14/h2-9,11-12H,10H2,1H3,(H,21,22,23). The second-order valence-electron chi connectivity index (χ2n) is 5.59. The third-order valence-electron chi connectivity index (χ3n) is 3.79. The number of rotatable bonds is 5.